The Morgan fingerprint density at radius 2 is 0.839 bits per heavy atom. The topological polar surface area (TPSA) is 38.9 Å². The molecule has 0 aliphatic carbocycles. The van der Waals surface area contributed by atoms with E-state index in [1.54, 1.807) is 0 Å². The van der Waals surface area contributed by atoms with E-state index >= 15 is 0 Å². The average Bonchev–Trinajstić information content (AvgIpc) is 3.84. The van der Waals surface area contributed by atoms with E-state index in [2.05, 4.69) is 164 Å². The van der Waals surface area contributed by atoms with Crippen molar-refractivity contribution in [1.29, 1.82) is 0 Å². The molecule has 56 heavy (non-hydrogen) atoms. The lowest BCUT2D eigenvalue weighted by molar-refractivity contribution is 0.669. The monoisotopic (exact) mass is 732 g/mol. The van der Waals surface area contributed by atoms with Gasteiger partial charge in [-0.1, -0.05) is 140 Å². The molecule has 8 aromatic carbocycles. The molecule has 0 saturated carbocycles. The highest BCUT2D eigenvalue weighted by Gasteiger charge is 2.15. The molecule has 3 aromatic heterocycles. The number of rotatable bonds is 6. The summed E-state index contributed by atoms with van der Waals surface area (Å²) >= 11 is 1.85. The van der Waals surface area contributed by atoms with E-state index < -0.39 is 0 Å². The van der Waals surface area contributed by atoms with E-state index in [0.717, 1.165) is 72.3 Å². The van der Waals surface area contributed by atoms with Crippen molar-refractivity contribution < 1.29 is 4.42 Å². The molecule has 3 heterocycles. The number of thiophene rings is 1. The minimum absolute atomic E-state index is 0.690. The summed E-state index contributed by atoms with van der Waals surface area (Å²) in [5.41, 5.74) is 13.4. The van der Waals surface area contributed by atoms with Gasteiger partial charge in [-0.3, -0.25) is 0 Å². The van der Waals surface area contributed by atoms with Gasteiger partial charge in [-0.25, -0.2) is 9.97 Å². The van der Waals surface area contributed by atoms with Crippen molar-refractivity contribution in [3.63, 3.8) is 0 Å². The van der Waals surface area contributed by atoms with Crippen LogP contribution in [0.5, 0.6) is 0 Å². The predicted molar refractivity (Wildman–Crippen MR) is 235 cm³/mol. The molecular formula is C52H32N2OS. The maximum atomic E-state index is 6.18. The summed E-state index contributed by atoms with van der Waals surface area (Å²) in [5, 5.41) is 4.84. The zero-order valence-corrected chi connectivity index (χ0v) is 31.0. The molecule has 11 rings (SSSR count). The number of hydrogen-bond donors (Lipinski definition) is 0. The summed E-state index contributed by atoms with van der Waals surface area (Å²) in [4.78, 5) is 10.4. The van der Waals surface area contributed by atoms with Crippen molar-refractivity contribution in [2.75, 3.05) is 0 Å². The van der Waals surface area contributed by atoms with E-state index in [1.165, 1.54) is 31.3 Å². The number of hydrogen-bond acceptors (Lipinski definition) is 4. The number of furan rings is 1. The first-order chi connectivity index (χ1) is 27.7. The van der Waals surface area contributed by atoms with Crippen LogP contribution in [0, 0.1) is 0 Å². The molecule has 0 unspecified atom stereocenters. The molecule has 0 fully saturated rings. The van der Waals surface area contributed by atoms with Crippen LogP contribution in [0.15, 0.2) is 199 Å². The van der Waals surface area contributed by atoms with E-state index in [4.69, 9.17) is 14.4 Å². The van der Waals surface area contributed by atoms with Crippen LogP contribution in [-0.2, 0) is 0 Å². The summed E-state index contributed by atoms with van der Waals surface area (Å²) in [7, 11) is 0. The van der Waals surface area contributed by atoms with E-state index in [9.17, 15) is 0 Å². The lowest BCUT2D eigenvalue weighted by Gasteiger charge is -2.13. The first-order valence-corrected chi connectivity index (χ1v) is 19.6. The van der Waals surface area contributed by atoms with Gasteiger partial charge in [-0.05, 0) is 88.0 Å². The second kappa shape index (κ2) is 13.3. The molecule has 0 bridgehead atoms. The Kier molecular flexibility index (Phi) is 7.68. The summed E-state index contributed by atoms with van der Waals surface area (Å²) in [6.07, 6.45) is 0. The first-order valence-electron chi connectivity index (χ1n) is 18.8. The van der Waals surface area contributed by atoms with Gasteiger partial charge in [-0.2, -0.15) is 0 Å². The van der Waals surface area contributed by atoms with Crippen LogP contribution in [0.25, 0.3) is 109 Å². The molecule has 0 spiro atoms. The van der Waals surface area contributed by atoms with Gasteiger partial charge in [0.15, 0.2) is 5.82 Å². The molecular weight excluding hydrogens is 701 g/mol. The summed E-state index contributed by atoms with van der Waals surface area (Å²) in [6.45, 7) is 0. The van der Waals surface area contributed by atoms with E-state index in [1.807, 2.05) is 41.7 Å². The molecule has 0 aliphatic rings. The Morgan fingerprint density at radius 3 is 1.64 bits per heavy atom. The summed E-state index contributed by atoms with van der Waals surface area (Å²) in [6, 6.07) is 68.7. The average molecular weight is 733 g/mol. The Bertz CT molecular complexity index is 3240. The number of nitrogens with zero attached hydrogens (tertiary/aromatic N) is 2. The minimum Gasteiger partial charge on any atom is -0.456 e. The molecule has 0 N–H and O–H groups in total. The van der Waals surface area contributed by atoms with Gasteiger partial charge in [0, 0.05) is 47.6 Å². The molecule has 0 aliphatic heterocycles. The largest absolute Gasteiger partial charge is 0.456 e. The maximum Gasteiger partial charge on any atom is 0.160 e. The van der Waals surface area contributed by atoms with Crippen LogP contribution in [0.4, 0.5) is 0 Å². The van der Waals surface area contributed by atoms with Crippen LogP contribution in [-0.4, -0.2) is 9.97 Å². The highest BCUT2D eigenvalue weighted by molar-refractivity contribution is 7.25. The minimum atomic E-state index is 0.690. The summed E-state index contributed by atoms with van der Waals surface area (Å²) in [5.74, 6) is 0.690. The van der Waals surface area contributed by atoms with Gasteiger partial charge in [0.25, 0.3) is 0 Å². The lowest BCUT2D eigenvalue weighted by atomic mass is 9.94. The highest BCUT2D eigenvalue weighted by atomic mass is 32.1. The predicted octanol–water partition coefficient (Wildman–Crippen LogP) is 14.7. The zero-order valence-electron chi connectivity index (χ0n) is 30.2. The summed E-state index contributed by atoms with van der Waals surface area (Å²) < 4.78 is 8.80. The van der Waals surface area contributed by atoms with Gasteiger partial charge in [-0.15, -0.1) is 11.3 Å². The van der Waals surface area contributed by atoms with Crippen LogP contribution >= 0.6 is 11.3 Å². The van der Waals surface area contributed by atoms with Gasteiger partial charge in [0.1, 0.15) is 11.2 Å². The van der Waals surface area contributed by atoms with Crippen molar-refractivity contribution in [3.8, 4) is 67.3 Å². The Labute approximate surface area is 327 Å². The van der Waals surface area contributed by atoms with Gasteiger partial charge in [0.05, 0.1) is 11.4 Å². The van der Waals surface area contributed by atoms with Crippen molar-refractivity contribution in [2.45, 2.75) is 0 Å². The Hall–Kier alpha value is -7.14. The fourth-order valence-electron chi connectivity index (χ4n) is 7.84. The van der Waals surface area contributed by atoms with Gasteiger partial charge < -0.3 is 4.42 Å². The third-order valence-corrected chi connectivity index (χ3v) is 11.8. The third-order valence-electron chi connectivity index (χ3n) is 10.7. The SMILES string of the molecule is c1ccc(-c2cc(-c3ccc4oc5ccccc5c4c3)cc(-c3cc(-c4ccc(-c5ccc6c(c5)sc5ccccc56)cc4)nc(-c4ccccc4)n3)c2)cc1. The molecule has 0 radical (unpaired) electrons. The first kappa shape index (κ1) is 32.3. The number of fused-ring (bicyclic) bond motifs is 6. The van der Waals surface area contributed by atoms with Crippen LogP contribution in [0.2, 0.25) is 0 Å². The van der Waals surface area contributed by atoms with Gasteiger partial charge >= 0.3 is 0 Å². The van der Waals surface area contributed by atoms with Crippen molar-refractivity contribution >= 4 is 53.4 Å². The Morgan fingerprint density at radius 1 is 0.304 bits per heavy atom. The lowest BCUT2D eigenvalue weighted by Crippen LogP contribution is -1.96. The number of para-hydroxylation sites is 1. The number of aromatic nitrogens is 2. The fraction of sp³-hybridized carbons (Fsp3) is 0. The Balaban J connectivity index is 1.04. The van der Waals surface area contributed by atoms with E-state index in [-0.39, 0.29) is 0 Å². The third kappa shape index (κ3) is 5.76. The maximum absolute atomic E-state index is 6.18. The molecule has 0 atom stereocenters. The highest BCUT2D eigenvalue weighted by Crippen LogP contribution is 2.39. The standard InChI is InChI=1S/C52H32N2OS/c1-3-11-33(12-4-1)39-27-40(37-24-26-49-45(30-37)42-15-7-9-17-48(42)55-49)29-41(28-39)47-32-46(53-52(54-47)36-13-5-2-6-14-36)35-21-19-34(20-22-35)38-23-25-44-43-16-8-10-18-50(43)56-51(44)31-38/h1-32H. The van der Waals surface area contributed by atoms with Crippen molar-refractivity contribution in [2.24, 2.45) is 0 Å². The fourth-order valence-corrected chi connectivity index (χ4v) is 8.99. The quantitative estimate of drug-likeness (QED) is 0.171. The molecule has 262 valence electrons. The second-order valence-corrected chi connectivity index (χ2v) is 15.3. The molecule has 11 aromatic rings. The van der Waals surface area contributed by atoms with Crippen molar-refractivity contribution in [3.05, 3.63) is 194 Å². The second-order valence-electron chi connectivity index (χ2n) is 14.2. The molecule has 3 nitrogen and oxygen atoms in total. The number of benzene rings is 8. The smallest absolute Gasteiger partial charge is 0.160 e. The van der Waals surface area contributed by atoms with Gasteiger partial charge in [0.2, 0.25) is 0 Å². The van der Waals surface area contributed by atoms with E-state index in [0.29, 0.717) is 5.82 Å². The molecule has 0 amide bonds. The van der Waals surface area contributed by atoms with Crippen molar-refractivity contribution in [1.82, 2.24) is 9.97 Å². The van der Waals surface area contributed by atoms with Crippen LogP contribution in [0.1, 0.15) is 0 Å². The normalized spacial score (nSPS) is 11.6. The van der Waals surface area contributed by atoms with Crippen LogP contribution < -0.4 is 0 Å². The van der Waals surface area contributed by atoms with Crippen LogP contribution in [0.3, 0.4) is 0 Å². The molecule has 4 heteroatoms. The molecule has 0 saturated heterocycles. The zero-order chi connectivity index (χ0) is 37.0.